The van der Waals surface area contributed by atoms with Gasteiger partial charge in [0.05, 0.1) is 12.0 Å². The molecule has 0 aliphatic carbocycles. The number of para-hydroxylation sites is 1. The second-order valence-electron chi connectivity index (χ2n) is 4.32. The van der Waals surface area contributed by atoms with Crippen LogP contribution in [0.5, 0.6) is 0 Å². The molecule has 6 heteroatoms. The third-order valence-corrected chi connectivity index (χ3v) is 3.71. The molecule has 1 aromatic heterocycles. The highest BCUT2D eigenvalue weighted by molar-refractivity contribution is 7.10. The van der Waals surface area contributed by atoms with Gasteiger partial charge in [0.1, 0.15) is 0 Å². The van der Waals surface area contributed by atoms with E-state index in [9.17, 15) is 9.59 Å². The van der Waals surface area contributed by atoms with Crippen molar-refractivity contribution in [2.75, 3.05) is 5.32 Å². The normalized spacial score (nSPS) is 10.2. The molecule has 5 N–H and O–H groups in total. The first-order chi connectivity index (χ1) is 9.56. The van der Waals surface area contributed by atoms with Crippen molar-refractivity contribution in [2.24, 2.45) is 11.5 Å². The van der Waals surface area contributed by atoms with E-state index in [2.05, 4.69) is 5.32 Å². The van der Waals surface area contributed by atoms with Gasteiger partial charge in [0.15, 0.2) is 0 Å². The lowest BCUT2D eigenvalue weighted by Crippen LogP contribution is -2.15. The lowest BCUT2D eigenvalue weighted by atomic mass is 10.1. The van der Waals surface area contributed by atoms with Gasteiger partial charge in [-0.05, 0) is 17.7 Å². The van der Waals surface area contributed by atoms with E-state index in [1.165, 1.54) is 11.3 Å². The van der Waals surface area contributed by atoms with Crippen molar-refractivity contribution < 1.29 is 9.59 Å². The van der Waals surface area contributed by atoms with Crippen molar-refractivity contribution >= 4 is 28.8 Å². The Morgan fingerprint density at radius 1 is 1.20 bits per heavy atom. The summed E-state index contributed by atoms with van der Waals surface area (Å²) in [5.74, 6) is -0.798. The molecule has 5 nitrogen and oxygen atoms in total. The fourth-order valence-electron chi connectivity index (χ4n) is 1.82. The fraction of sp³-hybridized carbons (Fsp3) is 0.143. The van der Waals surface area contributed by atoms with Crippen molar-refractivity contribution in [3.63, 3.8) is 0 Å². The van der Waals surface area contributed by atoms with Crippen LogP contribution in [0.3, 0.4) is 0 Å². The van der Waals surface area contributed by atoms with Crippen LogP contribution in [0.4, 0.5) is 5.69 Å². The number of rotatable bonds is 6. The molecule has 0 fully saturated rings. The van der Waals surface area contributed by atoms with Crippen molar-refractivity contribution in [3.8, 4) is 0 Å². The van der Waals surface area contributed by atoms with Crippen molar-refractivity contribution in [1.29, 1.82) is 0 Å². The summed E-state index contributed by atoms with van der Waals surface area (Å²) in [6.07, 6.45) is 0.195. The summed E-state index contributed by atoms with van der Waals surface area (Å²) in [4.78, 5) is 23.0. The number of thiophene rings is 1. The molecule has 0 spiro atoms. The number of primary amides is 2. The number of benzene rings is 1. The van der Waals surface area contributed by atoms with Crippen LogP contribution in [0.1, 0.15) is 20.8 Å². The molecule has 0 unspecified atom stereocenters. The molecule has 0 atom stereocenters. The van der Waals surface area contributed by atoms with Gasteiger partial charge in [0.25, 0.3) is 0 Å². The summed E-state index contributed by atoms with van der Waals surface area (Å²) in [5.41, 5.74) is 12.7. The molecule has 0 saturated heterocycles. The molecule has 0 aliphatic heterocycles. The molecular weight excluding hydrogens is 274 g/mol. The highest BCUT2D eigenvalue weighted by Crippen LogP contribution is 2.19. The van der Waals surface area contributed by atoms with E-state index in [0.29, 0.717) is 12.1 Å². The van der Waals surface area contributed by atoms with Crippen LogP contribution in [0.25, 0.3) is 0 Å². The van der Waals surface area contributed by atoms with Crippen LogP contribution in [0, 0.1) is 0 Å². The predicted octanol–water partition coefficient (Wildman–Crippen LogP) is 1.49. The van der Waals surface area contributed by atoms with E-state index in [1.54, 1.807) is 11.4 Å². The van der Waals surface area contributed by atoms with Crippen molar-refractivity contribution in [1.82, 2.24) is 0 Å². The van der Waals surface area contributed by atoms with E-state index < -0.39 is 5.91 Å². The van der Waals surface area contributed by atoms with E-state index >= 15 is 0 Å². The summed E-state index contributed by atoms with van der Waals surface area (Å²) in [5, 5.41) is 4.97. The minimum atomic E-state index is -0.429. The Balaban J connectivity index is 2.06. The van der Waals surface area contributed by atoms with Crippen LogP contribution in [0.15, 0.2) is 35.7 Å². The largest absolute Gasteiger partial charge is 0.380 e. The second-order valence-corrected chi connectivity index (χ2v) is 5.32. The first kappa shape index (κ1) is 14.1. The fourth-order valence-corrected chi connectivity index (χ4v) is 2.63. The van der Waals surface area contributed by atoms with E-state index in [1.807, 2.05) is 24.3 Å². The summed E-state index contributed by atoms with van der Waals surface area (Å²) < 4.78 is 0. The Bertz CT molecular complexity index is 637. The summed E-state index contributed by atoms with van der Waals surface area (Å²) in [7, 11) is 0. The Kier molecular flexibility index (Phi) is 4.37. The molecule has 104 valence electrons. The van der Waals surface area contributed by atoms with Crippen LogP contribution in [-0.4, -0.2) is 11.8 Å². The monoisotopic (exact) mass is 289 g/mol. The Labute approximate surface area is 120 Å². The lowest BCUT2D eigenvalue weighted by molar-refractivity contribution is -0.117. The number of nitrogens with two attached hydrogens (primary N) is 2. The maximum Gasteiger partial charge on any atom is 0.249 e. The molecule has 1 aromatic carbocycles. The number of carbonyl (C=O) groups excluding carboxylic acids is 2. The second kappa shape index (κ2) is 6.21. The molecule has 0 radical (unpaired) electrons. The van der Waals surface area contributed by atoms with Gasteiger partial charge in [-0.15, -0.1) is 11.3 Å². The summed E-state index contributed by atoms with van der Waals surface area (Å²) >= 11 is 1.46. The molecule has 0 saturated carbocycles. The smallest absolute Gasteiger partial charge is 0.249 e. The third kappa shape index (κ3) is 3.58. The van der Waals surface area contributed by atoms with Gasteiger partial charge in [-0.25, -0.2) is 0 Å². The SMILES string of the molecule is NC(=O)Cc1ccccc1NCc1cc(C(N)=O)cs1. The first-order valence-corrected chi connectivity index (χ1v) is 6.91. The molecule has 0 bridgehead atoms. The zero-order chi connectivity index (χ0) is 14.5. The Hall–Kier alpha value is -2.34. The topological polar surface area (TPSA) is 98.2 Å². The zero-order valence-corrected chi connectivity index (χ0v) is 11.6. The van der Waals surface area contributed by atoms with E-state index in [4.69, 9.17) is 11.5 Å². The molecular formula is C14H15N3O2S. The molecule has 2 rings (SSSR count). The van der Waals surface area contributed by atoms with Gasteiger partial charge in [-0.3, -0.25) is 9.59 Å². The van der Waals surface area contributed by atoms with Gasteiger partial charge in [-0.1, -0.05) is 18.2 Å². The van der Waals surface area contributed by atoms with Crippen LogP contribution < -0.4 is 16.8 Å². The number of hydrogen-bond donors (Lipinski definition) is 3. The quantitative estimate of drug-likeness (QED) is 0.751. The maximum atomic E-state index is 11.0. The van der Waals surface area contributed by atoms with Gasteiger partial charge >= 0.3 is 0 Å². The minimum absolute atomic E-state index is 0.195. The van der Waals surface area contributed by atoms with Crippen LogP contribution >= 0.6 is 11.3 Å². The number of carbonyl (C=O) groups is 2. The molecule has 1 heterocycles. The summed E-state index contributed by atoms with van der Waals surface area (Å²) in [6.45, 7) is 0.563. The third-order valence-electron chi connectivity index (χ3n) is 2.77. The molecule has 2 amide bonds. The van der Waals surface area contributed by atoms with Crippen LogP contribution in [0.2, 0.25) is 0 Å². The minimum Gasteiger partial charge on any atom is -0.380 e. The molecule has 0 aliphatic rings. The zero-order valence-electron chi connectivity index (χ0n) is 10.8. The predicted molar refractivity (Wildman–Crippen MR) is 79.5 cm³/mol. The average Bonchev–Trinajstić information content (AvgIpc) is 2.86. The molecule has 20 heavy (non-hydrogen) atoms. The number of anilines is 1. The van der Waals surface area contributed by atoms with Crippen molar-refractivity contribution in [2.45, 2.75) is 13.0 Å². The Morgan fingerprint density at radius 3 is 2.60 bits per heavy atom. The molecule has 2 aromatic rings. The standard InChI is InChI=1S/C14H15N3O2S/c15-13(18)6-9-3-1-2-4-12(9)17-7-11-5-10(8-20-11)14(16)19/h1-5,8,17H,6-7H2,(H2,15,18)(H2,16,19). The van der Waals surface area contributed by atoms with Crippen LogP contribution in [-0.2, 0) is 17.8 Å². The van der Waals surface area contributed by atoms with Gasteiger partial charge < -0.3 is 16.8 Å². The lowest BCUT2D eigenvalue weighted by Gasteiger charge is -2.10. The highest BCUT2D eigenvalue weighted by Gasteiger charge is 2.07. The number of nitrogens with one attached hydrogen (secondary N) is 1. The first-order valence-electron chi connectivity index (χ1n) is 6.03. The number of hydrogen-bond acceptors (Lipinski definition) is 4. The maximum absolute atomic E-state index is 11.0. The summed E-state index contributed by atoms with van der Waals surface area (Å²) in [6, 6.07) is 9.25. The van der Waals surface area contributed by atoms with Gasteiger partial charge in [-0.2, -0.15) is 0 Å². The average molecular weight is 289 g/mol. The highest BCUT2D eigenvalue weighted by atomic mass is 32.1. The van der Waals surface area contributed by atoms with Gasteiger partial charge in [0.2, 0.25) is 11.8 Å². The van der Waals surface area contributed by atoms with E-state index in [0.717, 1.165) is 16.1 Å². The van der Waals surface area contributed by atoms with E-state index in [-0.39, 0.29) is 12.3 Å². The number of amides is 2. The van der Waals surface area contributed by atoms with Crippen molar-refractivity contribution in [3.05, 3.63) is 51.7 Å². The van der Waals surface area contributed by atoms with Gasteiger partial charge in [0, 0.05) is 22.5 Å². The Morgan fingerprint density at radius 2 is 1.95 bits per heavy atom.